The molecule has 0 radical (unpaired) electrons. The Kier molecular flexibility index (Phi) is 4.80. The van der Waals surface area contributed by atoms with Crippen LogP contribution in [0.4, 0.5) is 16.0 Å². The molecule has 0 fully saturated rings. The summed E-state index contributed by atoms with van der Waals surface area (Å²) in [6, 6.07) is 10.1. The number of sulfonamides is 1. The van der Waals surface area contributed by atoms with Crippen LogP contribution in [0.25, 0.3) is 11.3 Å². The quantitative estimate of drug-likeness (QED) is 0.706. The van der Waals surface area contributed by atoms with Crippen LogP contribution < -0.4 is 10.5 Å². The number of benzene rings is 1. The summed E-state index contributed by atoms with van der Waals surface area (Å²) in [6.07, 6.45) is 1.13. The molecule has 0 saturated heterocycles. The highest BCUT2D eigenvalue weighted by Crippen LogP contribution is 2.32. The number of nitrogen functional groups attached to an aromatic ring is 1. The molecule has 2 heterocycles. The van der Waals surface area contributed by atoms with Crippen molar-refractivity contribution in [3.05, 3.63) is 65.1 Å². The summed E-state index contributed by atoms with van der Waals surface area (Å²) in [7, 11) is -3.93. The number of aryl methyl sites for hydroxylation is 1. The Hall–Kier alpha value is -2.71. The van der Waals surface area contributed by atoms with E-state index >= 15 is 0 Å². The zero-order valence-electron chi connectivity index (χ0n) is 13.6. The molecular weight excluding hydrogens is 379 g/mol. The van der Waals surface area contributed by atoms with Crippen molar-refractivity contribution in [3.63, 3.8) is 0 Å². The van der Waals surface area contributed by atoms with Crippen LogP contribution in [0.1, 0.15) is 5.56 Å². The van der Waals surface area contributed by atoms with Crippen molar-refractivity contribution in [2.24, 2.45) is 0 Å². The third-order valence-corrected chi connectivity index (χ3v) is 5.26. The van der Waals surface area contributed by atoms with Crippen molar-refractivity contribution >= 4 is 33.3 Å². The lowest BCUT2D eigenvalue weighted by atomic mass is 10.0. The fourth-order valence-corrected chi connectivity index (χ4v) is 3.50. The van der Waals surface area contributed by atoms with Gasteiger partial charge in [0.05, 0.1) is 10.7 Å². The zero-order valence-corrected chi connectivity index (χ0v) is 15.1. The number of aromatic nitrogens is 2. The summed E-state index contributed by atoms with van der Waals surface area (Å²) < 4.78 is 41.4. The van der Waals surface area contributed by atoms with Crippen LogP contribution in [0, 0.1) is 12.7 Å². The molecule has 1 aromatic carbocycles. The number of hydrogen-bond acceptors (Lipinski definition) is 5. The molecule has 0 aliphatic carbocycles. The molecule has 3 rings (SSSR count). The van der Waals surface area contributed by atoms with Crippen molar-refractivity contribution in [1.29, 1.82) is 0 Å². The number of nitrogens with one attached hydrogen (secondary N) is 1. The molecule has 9 heteroatoms. The average molecular weight is 393 g/mol. The number of nitrogens with zero attached hydrogens (tertiary/aromatic N) is 2. The summed E-state index contributed by atoms with van der Waals surface area (Å²) in [6.45, 7) is 1.72. The van der Waals surface area contributed by atoms with Crippen LogP contribution in [-0.2, 0) is 10.0 Å². The molecule has 0 bridgehead atoms. The van der Waals surface area contributed by atoms with Crippen LogP contribution in [0.15, 0.2) is 53.6 Å². The van der Waals surface area contributed by atoms with Gasteiger partial charge in [-0.2, -0.15) is 0 Å². The molecule has 0 aliphatic heterocycles. The monoisotopic (exact) mass is 392 g/mol. The molecule has 0 spiro atoms. The summed E-state index contributed by atoms with van der Waals surface area (Å²) in [5.41, 5.74) is 6.46. The van der Waals surface area contributed by atoms with E-state index < -0.39 is 15.8 Å². The van der Waals surface area contributed by atoms with Crippen molar-refractivity contribution in [2.75, 3.05) is 10.5 Å². The Labute approximate surface area is 154 Å². The largest absolute Gasteiger partial charge is 0.384 e. The van der Waals surface area contributed by atoms with Crippen LogP contribution in [0.3, 0.4) is 0 Å². The van der Waals surface area contributed by atoms with Gasteiger partial charge in [-0.1, -0.05) is 23.7 Å². The summed E-state index contributed by atoms with van der Waals surface area (Å²) in [4.78, 5) is 7.87. The second kappa shape index (κ2) is 6.89. The SMILES string of the molecule is Cc1cccc(F)c1-c1nc(NS(=O)(=O)c2ccc(N)nc2)ccc1Cl. The highest BCUT2D eigenvalue weighted by Gasteiger charge is 2.18. The first-order chi connectivity index (χ1) is 12.3. The Balaban J connectivity index is 2.02. The minimum absolute atomic E-state index is 0.00359. The number of pyridine rings is 2. The Morgan fingerprint density at radius 3 is 2.58 bits per heavy atom. The van der Waals surface area contributed by atoms with Crippen LogP contribution >= 0.6 is 11.6 Å². The van der Waals surface area contributed by atoms with Crippen LogP contribution in [-0.4, -0.2) is 18.4 Å². The lowest BCUT2D eigenvalue weighted by Crippen LogP contribution is -2.14. The van der Waals surface area contributed by atoms with E-state index in [1.807, 2.05) is 0 Å². The molecule has 0 saturated carbocycles. The number of halogens is 2. The molecule has 0 amide bonds. The molecule has 0 aliphatic rings. The van der Waals surface area contributed by atoms with Gasteiger partial charge in [0.1, 0.15) is 22.3 Å². The van der Waals surface area contributed by atoms with Gasteiger partial charge in [0.25, 0.3) is 10.0 Å². The molecule has 26 heavy (non-hydrogen) atoms. The summed E-state index contributed by atoms with van der Waals surface area (Å²) in [5.74, 6) is -0.295. The lowest BCUT2D eigenvalue weighted by molar-refractivity contribution is 0.600. The van der Waals surface area contributed by atoms with E-state index in [0.717, 1.165) is 6.20 Å². The van der Waals surface area contributed by atoms with E-state index in [-0.39, 0.29) is 32.8 Å². The lowest BCUT2D eigenvalue weighted by Gasteiger charge is -2.12. The molecule has 0 unspecified atom stereocenters. The Bertz CT molecular complexity index is 1050. The third-order valence-electron chi connectivity index (χ3n) is 3.61. The van der Waals surface area contributed by atoms with Crippen molar-refractivity contribution < 1.29 is 12.8 Å². The fraction of sp³-hybridized carbons (Fsp3) is 0.0588. The Morgan fingerprint density at radius 2 is 1.92 bits per heavy atom. The smallest absolute Gasteiger partial charge is 0.264 e. The highest BCUT2D eigenvalue weighted by molar-refractivity contribution is 7.92. The minimum Gasteiger partial charge on any atom is -0.384 e. The van der Waals surface area contributed by atoms with Gasteiger partial charge < -0.3 is 5.73 Å². The maximum atomic E-state index is 14.2. The second-order valence-electron chi connectivity index (χ2n) is 5.48. The second-order valence-corrected chi connectivity index (χ2v) is 7.57. The van der Waals surface area contributed by atoms with E-state index in [1.54, 1.807) is 19.1 Å². The van der Waals surface area contributed by atoms with Gasteiger partial charge in [-0.25, -0.2) is 22.8 Å². The predicted octanol–water partition coefficient (Wildman–Crippen LogP) is 3.63. The molecule has 0 atom stereocenters. The first-order valence-corrected chi connectivity index (χ1v) is 9.30. The minimum atomic E-state index is -3.93. The van der Waals surface area contributed by atoms with E-state index in [2.05, 4.69) is 14.7 Å². The number of hydrogen-bond donors (Lipinski definition) is 2. The maximum absolute atomic E-state index is 14.2. The molecular formula is C17H14ClFN4O2S. The third kappa shape index (κ3) is 3.61. The van der Waals surface area contributed by atoms with E-state index in [4.69, 9.17) is 17.3 Å². The van der Waals surface area contributed by atoms with Gasteiger partial charge in [-0.3, -0.25) is 4.72 Å². The molecule has 3 N–H and O–H groups in total. The van der Waals surface area contributed by atoms with Gasteiger partial charge in [0.15, 0.2) is 0 Å². The van der Waals surface area contributed by atoms with E-state index in [1.165, 1.54) is 30.3 Å². The molecule has 6 nitrogen and oxygen atoms in total. The zero-order chi connectivity index (χ0) is 18.9. The van der Waals surface area contributed by atoms with Crippen molar-refractivity contribution in [2.45, 2.75) is 11.8 Å². The summed E-state index contributed by atoms with van der Waals surface area (Å²) in [5, 5.41) is 0.204. The standard InChI is InChI=1S/C17H14ClFN4O2S/c1-10-3-2-4-13(19)16(10)17-12(18)6-8-15(22-17)23-26(24,25)11-5-7-14(20)21-9-11/h2-9H,1H3,(H2,20,21)(H,22,23). The molecule has 3 aromatic rings. The summed E-state index contributed by atoms with van der Waals surface area (Å²) >= 11 is 6.15. The topological polar surface area (TPSA) is 98.0 Å². The fourth-order valence-electron chi connectivity index (χ4n) is 2.35. The molecule has 2 aromatic heterocycles. The van der Waals surface area contributed by atoms with Crippen molar-refractivity contribution in [1.82, 2.24) is 9.97 Å². The van der Waals surface area contributed by atoms with Crippen LogP contribution in [0.5, 0.6) is 0 Å². The number of rotatable bonds is 4. The maximum Gasteiger partial charge on any atom is 0.264 e. The Morgan fingerprint density at radius 1 is 1.15 bits per heavy atom. The first-order valence-electron chi connectivity index (χ1n) is 7.44. The predicted molar refractivity (Wildman–Crippen MR) is 98.8 cm³/mol. The van der Waals surface area contributed by atoms with Gasteiger partial charge in [0, 0.05) is 11.8 Å². The normalized spacial score (nSPS) is 11.3. The van der Waals surface area contributed by atoms with Gasteiger partial charge in [-0.15, -0.1) is 0 Å². The number of anilines is 2. The average Bonchev–Trinajstić information content (AvgIpc) is 2.57. The highest BCUT2D eigenvalue weighted by atomic mass is 35.5. The van der Waals surface area contributed by atoms with E-state index in [9.17, 15) is 12.8 Å². The van der Waals surface area contributed by atoms with Gasteiger partial charge in [0.2, 0.25) is 0 Å². The van der Waals surface area contributed by atoms with E-state index in [0.29, 0.717) is 5.56 Å². The number of nitrogens with two attached hydrogens (primary N) is 1. The van der Waals surface area contributed by atoms with Crippen molar-refractivity contribution in [3.8, 4) is 11.3 Å². The first kappa shape index (κ1) is 18.1. The van der Waals surface area contributed by atoms with Gasteiger partial charge in [-0.05, 0) is 42.8 Å². The van der Waals surface area contributed by atoms with Crippen LogP contribution in [0.2, 0.25) is 5.02 Å². The van der Waals surface area contributed by atoms with Gasteiger partial charge >= 0.3 is 0 Å². The molecule has 134 valence electrons.